The molecule has 0 aliphatic rings. The molecule has 0 fully saturated rings. The zero-order chi connectivity index (χ0) is 17.2. The second-order valence-electron chi connectivity index (χ2n) is 5.16. The SMILES string of the molecule is COc1ccc(COC(C=O)C(C=O)OCc2ccccc2)cc1. The van der Waals surface area contributed by atoms with Crippen LogP contribution in [0.3, 0.4) is 0 Å². The monoisotopic (exact) mass is 328 g/mol. The lowest BCUT2D eigenvalue weighted by Gasteiger charge is -2.19. The van der Waals surface area contributed by atoms with E-state index in [0.717, 1.165) is 16.9 Å². The zero-order valence-corrected chi connectivity index (χ0v) is 13.5. The summed E-state index contributed by atoms with van der Waals surface area (Å²) in [7, 11) is 1.59. The Balaban J connectivity index is 1.89. The maximum absolute atomic E-state index is 11.3. The molecule has 2 rings (SSSR count). The number of methoxy groups -OCH3 is 1. The first-order valence-electron chi connectivity index (χ1n) is 7.57. The van der Waals surface area contributed by atoms with Gasteiger partial charge in [-0.05, 0) is 23.3 Å². The molecule has 0 heterocycles. The van der Waals surface area contributed by atoms with Crippen molar-refractivity contribution in [1.29, 1.82) is 0 Å². The van der Waals surface area contributed by atoms with Gasteiger partial charge in [0.25, 0.3) is 0 Å². The van der Waals surface area contributed by atoms with E-state index in [4.69, 9.17) is 14.2 Å². The van der Waals surface area contributed by atoms with Gasteiger partial charge in [0.05, 0.1) is 20.3 Å². The van der Waals surface area contributed by atoms with Gasteiger partial charge in [0.15, 0.2) is 12.6 Å². The fraction of sp³-hybridized carbons (Fsp3) is 0.263. The Bertz CT molecular complexity index is 624. The van der Waals surface area contributed by atoms with Gasteiger partial charge in [-0.3, -0.25) is 0 Å². The smallest absolute Gasteiger partial charge is 0.151 e. The fourth-order valence-electron chi connectivity index (χ4n) is 2.10. The number of carbonyl (C=O) groups excluding carboxylic acids is 2. The molecule has 126 valence electrons. The lowest BCUT2D eigenvalue weighted by molar-refractivity contribution is -0.142. The quantitative estimate of drug-likeness (QED) is 0.627. The summed E-state index contributed by atoms with van der Waals surface area (Å²) < 4.78 is 16.1. The largest absolute Gasteiger partial charge is 0.497 e. The Morgan fingerprint density at radius 3 is 1.75 bits per heavy atom. The zero-order valence-electron chi connectivity index (χ0n) is 13.5. The molecule has 2 unspecified atom stereocenters. The Kier molecular flexibility index (Phi) is 7.14. The predicted octanol–water partition coefficient (Wildman–Crippen LogP) is 2.56. The van der Waals surface area contributed by atoms with Crippen LogP contribution in [-0.2, 0) is 32.3 Å². The van der Waals surface area contributed by atoms with Gasteiger partial charge >= 0.3 is 0 Å². The third-order valence-electron chi connectivity index (χ3n) is 3.48. The van der Waals surface area contributed by atoms with E-state index < -0.39 is 12.2 Å². The molecule has 0 spiro atoms. The normalized spacial score (nSPS) is 13.0. The predicted molar refractivity (Wildman–Crippen MR) is 88.7 cm³/mol. The summed E-state index contributed by atoms with van der Waals surface area (Å²) in [6, 6.07) is 16.7. The van der Waals surface area contributed by atoms with Crippen LogP contribution in [0.2, 0.25) is 0 Å². The van der Waals surface area contributed by atoms with Crippen molar-refractivity contribution in [3.05, 3.63) is 65.7 Å². The molecule has 0 aliphatic heterocycles. The molecule has 5 heteroatoms. The van der Waals surface area contributed by atoms with Gasteiger partial charge in [-0.2, -0.15) is 0 Å². The number of carbonyl (C=O) groups is 2. The summed E-state index contributed by atoms with van der Waals surface area (Å²) in [5.74, 6) is 0.739. The van der Waals surface area contributed by atoms with Crippen LogP contribution in [0.15, 0.2) is 54.6 Å². The number of benzene rings is 2. The highest BCUT2D eigenvalue weighted by Gasteiger charge is 2.22. The molecule has 0 radical (unpaired) electrons. The lowest BCUT2D eigenvalue weighted by atomic mass is 10.2. The van der Waals surface area contributed by atoms with Crippen LogP contribution in [0.25, 0.3) is 0 Å². The van der Waals surface area contributed by atoms with Gasteiger partial charge < -0.3 is 23.8 Å². The highest BCUT2D eigenvalue weighted by molar-refractivity contribution is 5.68. The molecule has 5 nitrogen and oxygen atoms in total. The van der Waals surface area contributed by atoms with Crippen molar-refractivity contribution in [1.82, 2.24) is 0 Å². The van der Waals surface area contributed by atoms with Crippen molar-refractivity contribution in [2.24, 2.45) is 0 Å². The molecule has 0 aliphatic carbocycles. The minimum absolute atomic E-state index is 0.201. The average molecular weight is 328 g/mol. The van der Waals surface area contributed by atoms with Crippen molar-refractivity contribution < 1.29 is 23.8 Å². The van der Waals surface area contributed by atoms with Crippen molar-refractivity contribution in [2.75, 3.05) is 7.11 Å². The van der Waals surface area contributed by atoms with Gasteiger partial charge in [-0.15, -0.1) is 0 Å². The summed E-state index contributed by atoms with van der Waals surface area (Å²) >= 11 is 0. The van der Waals surface area contributed by atoms with E-state index in [1.165, 1.54) is 0 Å². The molecule has 0 saturated carbocycles. The van der Waals surface area contributed by atoms with Gasteiger partial charge in [0.1, 0.15) is 18.0 Å². The molecule has 0 aromatic heterocycles. The first-order valence-corrected chi connectivity index (χ1v) is 7.57. The molecule has 0 N–H and O–H groups in total. The van der Waals surface area contributed by atoms with Crippen LogP contribution < -0.4 is 4.74 Å². The van der Waals surface area contributed by atoms with Crippen LogP contribution in [0.5, 0.6) is 5.75 Å². The van der Waals surface area contributed by atoms with E-state index in [2.05, 4.69) is 0 Å². The van der Waals surface area contributed by atoms with Crippen LogP contribution in [-0.4, -0.2) is 31.9 Å². The van der Waals surface area contributed by atoms with E-state index in [1.54, 1.807) is 19.2 Å². The number of rotatable bonds is 10. The lowest BCUT2D eigenvalue weighted by Crippen LogP contribution is -2.34. The van der Waals surface area contributed by atoms with Crippen molar-refractivity contribution in [3.63, 3.8) is 0 Å². The topological polar surface area (TPSA) is 61.8 Å². The minimum Gasteiger partial charge on any atom is -0.497 e. The number of ether oxygens (including phenoxy) is 3. The maximum Gasteiger partial charge on any atom is 0.151 e. The Morgan fingerprint density at radius 2 is 1.29 bits per heavy atom. The Labute approximate surface area is 141 Å². The Hall–Kier alpha value is -2.50. The molecule has 0 bridgehead atoms. The number of hydrogen-bond donors (Lipinski definition) is 0. The summed E-state index contributed by atoms with van der Waals surface area (Å²) in [5.41, 5.74) is 1.79. The average Bonchev–Trinajstić information content (AvgIpc) is 2.65. The van der Waals surface area contributed by atoms with Gasteiger partial charge in [-0.1, -0.05) is 42.5 Å². The molecule has 0 saturated heterocycles. The molecule has 2 aromatic carbocycles. The van der Waals surface area contributed by atoms with Crippen molar-refractivity contribution >= 4 is 12.6 Å². The summed E-state index contributed by atoms with van der Waals surface area (Å²) in [6.45, 7) is 0.437. The van der Waals surface area contributed by atoms with Gasteiger partial charge in [-0.25, -0.2) is 0 Å². The number of hydrogen-bond acceptors (Lipinski definition) is 5. The molecule has 0 amide bonds. The van der Waals surface area contributed by atoms with E-state index in [1.807, 2.05) is 42.5 Å². The molecule has 2 atom stereocenters. The van der Waals surface area contributed by atoms with E-state index in [-0.39, 0.29) is 13.2 Å². The van der Waals surface area contributed by atoms with E-state index in [0.29, 0.717) is 12.6 Å². The van der Waals surface area contributed by atoms with Gasteiger partial charge in [0, 0.05) is 0 Å². The highest BCUT2D eigenvalue weighted by Crippen LogP contribution is 2.14. The highest BCUT2D eigenvalue weighted by atomic mass is 16.5. The summed E-state index contributed by atoms with van der Waals surface area (Å²) in [6.07, 6.45) is -0.710. The van der Waals surface area contributed by atoms with Crippen LogP contribution in [0.4, 0.5) is 0 Å². The van der Waals surface area contributed by atoms with Crippen molar-refractivity contribution in [3.8, 4) is 5.75 Å². The Morgan fingerprint density at radius 1 is 0.792 bits per heavy atom. The van der Waals surface area contributed by atoms with Crippen LogP contribution in [0.1, 0.15) is 11.1 Å². The molecule has 24 heavy (non-hydrogen) atoms. The van der Waals surface area contributed by atoms with Gasteiger partial charge in [0.2, 0.25) is 0 Å². The first-order chi connectivity index (χ1) is 11.8. The second-order valence-corrected chi connectivity index (χ2v) is 5.16. The summed E-state index contributed by atoms with van der Waals surface area (Å²) in [5, 5.41) is 0. The first kappa shape index (κ1) is 17.8. The third kappa shape index (κ3) is 5.30. The molecule has 2 aromatic rings. The molecular weight excluding hydrogens is 308 g/mol. The minimum atomic E-state index is -0.951. The van der Waals surface area contributed by atoms with Crippen molar-refractivity contribution in [2.45, 2.75) is 25.4 Å². The van der Waals surface area contributed by atoms with Crippen LogP contribution >= 0.6 is 0 Å². The summed E-state index contributed by atoms with van der Waals surface area (Å²) in [4.78, 5) is 22.5. The second kappa shape index (κ2) is 9.60. The third-order valence-corrected chi connectivity index (χ3v) is 3.48. The van der Waals surface area contributed by atoms with Crippen LogP contribution in [0, 0.1) is 0 Å². The molecular formula is C19H20O5. The standard InChI is InChI=1S/C19H20O5/c1-22-17-9-7-16(8-10-17)14-24-19(12-21)18(11-20)23-13-15-5-3-2-4-6-15/h2-12,18-19H,13-14H2,1H3. The van der Waals surface area contributed by atoms with E-state index >= 15 is 0 Å². The fourth-order valence-corrected chi connectivity index (χ4v) is 2.10. The maximum atomic E-state index is 11.3. The van der Waals surface area contributed by atoms with E-state index in [9.17, 15) is 9.59 Å². The number of aldehydes is 2.